The third kappa shape index (κ3) is 4.19. The summed E-state index contributed by atoms with van der Waals surface area (Å²) in [7, 11) is 3.86. The van der Waals surface area contributed by atoms with Gasteiger partial charge in [0.15, 0.2) is 0 Å². The van der Waals surface area contributed by atoms with E-state index in [1.807, 2.05) is 19.0 Å². The zero-order valence-electron chi connectivity index (χ0n) is 15.3. The van der Waals surface area contributed by atoms with Crippen molar-refractivity contribution < 1.29 is 22.8 Å². The molecule has 0 saturated heterocycles. The summed E-state index contributed by atoms with van der Waals surface area (Å²) in [5.41, 5.74) is 1.16. The van der Waals surface area contributed by atoms with Gasteiger partial charge in [-0.2, -0.15) is 13.2 Å². The molecule has 0 aromatic heterocycles. The van der Waals surface area contributed by atoms with E-state index in [1.54, 1.807) is 18.2 Å². The first-order valence-electron chi connectivity index (χ1n) is 8.51. The lowest BCUT2D eigenvalue weighted by molar-refractivity contribution is -0.137. The number of halogens is 3. The first-order chi connectivity index (χ1) is 13.1. The van der Waals surface area contributed by atoms with Crippen LogP contribution in [0.4, 0.5) is 35.0 Å². The van der Waals surface area contributed by atoms with E-state index in [0.29, 0.717) is 0 Å². The standard InChI is InChI=1S/C19H19F3N4O2/c1-25-8-9-26(2)16-10-12(6-7-15(16)25)17(27)24-18(28)23-14-5-3-4-13(11-14)19(20,21)22/h3-7,10-11H,8-9H2,1-2H3,(H2,23,24,27,28). The van der Waals surface area contributed by atoms with Crippen LogP contribution >= 0.6 is 0 Å². The van der Waals surface area contributed by atoms with Crippen LogP contribution in [-0.4, -0.2) is 39.1 Å². The minimum Gasteiger partial charge on any atom is -0.371 e. The van der Waals surface area contributed by atoms with Crippen LogP contribution < -0.4 is 20.4 Å². The van der Waals surface area contributed by atoms with Gasteiger partial charge < -0.3 is 15.1 Å². The average molecular weight is 392 g/mol. The summed E-state index contributed by atoms with van der Waals surface area (Å²) >= 11 is 0. The Morgan fingerprint density at radius 1 is 0.964 bits per heavy atom. The summed E-state index contributed by atoms with van der Waals surface area (Å²) in [5.74, 6) is -0.645. The second-order valence-electron chi connectivity index (χ2n) is 6.53. The Hall–Kier alpha value is -3.23. The van der Waals surface area contributed by atoms with Gasteiger partial charge in [-0.05, 0) is 36.4 Å². The molecule has 1 aliphatic heterocycles. The number of carbonyl (C=O) groups excluding carboxylic acids is 2. The molecule has 2 aromatic rings. The number of rotatable bonds is 2. The van der Waals surface area contributed by atoms with Crippen molar-refractivity contribution in [2.24, 2.45) is 0 Å². The third-order valence-electron chi connectivity index (χ3n) is 4.51. The lowest BCUT2D eigenvalue weighted by Gasteiger charge is -2.34. The van der Waals surface area contributed by atoms with Gasteiger partial charge in [0, 0.05) is 38.4 Å². The molecule has 0 aliphatic carbocycles. The number of nitrogens with one attached hydrogen (secondary N) is 2. The molecule has 0 unspecified atom stereocenters. The van der Waals surface area contributed by atoms with Gasteiger partial charge in [0.2, 0.25) is 0 Å². The summed E-state index contributed by atoms with van der Waals surface area (Å²) in [5, 5.41) is 4.38. The number of nitrogens with zero attached hydrogens (tertiary/aromatic N) is 2. The predicted octanol–water partition coefficient (Wildman–Crippen LogP) is 3.55. The van der Waals surface area contributed by atoms with Gasteiger partial charge in [-0.25, -0.2) is 4.79 Å². The van der Waals surface area contributed by atoms with E-state index in [9.17, 15) is 22.8 Å². The van der Waals surface area contributed by atoms with Crippen molar-refractivity contribution in [3.05, 3.63) is 53.6 Å². The van der Waals surface area contributed by atoms with Crippen LogP contribution in [0.25, 0.3) is 0 Å². The number of amides is 3. The summed E-state index contributed by atoms with van der Waals surface area (Å²) in [4.78, 5) is 28.5. The third-order valence-corrected chi connectivity index (χ3v) is 4.51. The molecule has 2 aromatic carbocycles. The molecule has 2 N–H and O–H groups in total. The molecule has 0 radical (unpaired) electrons. The Labute approximate surface area is 159 Å². The van der Waals surface area contributed by atoms with E-state index in [-0.39, 0.29) is 11.3 Å². The SMILES string of the molecule is CN1CCN(C)c2cc(C(=O)NC(=O)Nc3cccc(C(F)(F)F)c3)ccc21. The highest BCUT2D eigenvalue weighted by atomic mass is 19.4. The molecule has 0 saturated carbocycles. The van der Waals surface area contributed by atoms with Gasteiger partial charge in [-0.15, -0.1) is 0 Å². The number of fused-ring (bicyclic) bond motifs is 1. The van der Waals surface area contributed by atoms with Crippen LogP contribution in [0.1, 0.15) is 15.9 Å². The Morgan fingerprint density at radius 3 is 2.32 bits per heavy atom. The minimum atomic E-state index is -4.52. The van der Waals surface area contributed by atoms with Gasteiger partial charge in [-0.3, -0.25) is 10.1 Å². The van der Waals surface area contributed by atoms with Crippen molar-refractivity contribution in [1.29, 1.82) is 0 Å². The van der Waals surface area contributed by atoms with Crippen molar-refractivity contribution in [2.45, 2.75) is 6.18 Å². The van der Waals surface area contributed by atoms with Crippen molar-refractivity contribution in [2.75, 3.05) is 42.3 Å². The molecule has 0 bridgehead atoms. The second-order valence-corrected chi connectivity index (χ2v) is 6.53. The Balaban J connectivity index is 1.70. The van der Waals surface area contributed by atoms with E-state index < -0.39 is 23.7 Å². The number of hydrogen-bond donors (Lipinski definition) is 2. The number of imide groups is 1. The molecule has 1 aliphatic rings. The highest BCUT2D eigenvalue weighted by molar-refractivity contribution is 6.08. The molecule has 3 amide bonds. The van der Waals surface area contributed by atoms with Crippen molar-refractivity contribution >= 4 is 29.0 Å². The number of urea groups is 1. The molecule has 148 valence electrons. The smallest absolute Gasteiger partial charge is 0.371 e. The van der Waals surface area contributed by atoms with E-state index >= 15 is 0 Å². The normalized spacial score (nSPS) is 13.8. The van der Waals surface area contributed by atoms with Crippen molar-refractivity contribution in [3.8, 4) is 0 Å². The second kappa shape index (κ2) is 7.41. The van der Waals surface area contributed by atoms with Crippen LogP contribution in [0.2, 0.25) is 0 Å². The number of likely N-dealkylation sites (N-methyl/N-ethyl adjacent to an activating group) is 2. The number of alkyl halides is 3. The summed E-state index contributed by atoms with van der Waals surface area (Å²) in [6, 6.07) is 8.35. The van der Waals surface area contributed by atoms with E-state index in [0.717, 1.165) is 36.6 Å². The first-order valence-corrected chi connectivity index (χ1v) is 8.51. The molecule has 1 heterocycles. The molecular formula is C19H19F3N4O2. The topological polar surface area (TPSA) is 64.7 Å². The van der Waals surface area contributed by atoms with Gasteiger partial charge >= 0.3 is 12.2 Å². The molecule has 6 nitrogen and oxygen atoms in total. The van der Waals surface area contributed by atoms with E-state index in [4.69, 9.17) is 0 Å². The number of hydrogen-bond acceptors (Lipinski definition) is 4. The monoisotopic (exact) mass is 392 g/mol. The maximum atomic E-state index is 12.7. The Morgan fingerprint density at radius 2 is 1.64 bits per heavy atom. The quantitative estimate of drug-likeness (QED) is 0.821. The van der Waals surface area contributed by atoms with Crippen LogP contribution in [-0.2, 0) is 6.18 Å². The average Bonchev–Trinajstić information content (AvgIpc) is 2.64. The molecule has 0 fully saturated rings. The Kier molecular flexibility index (Phi) is 5.17. The van der Waals surface area contributed by atoms with Crippen LogP contribution in [0, 0.1) is 0 Å². The highest BCUT2D eigenvalue weighted by Gasteiger charge is 2.30. The van der Waals surface area contributed by atoms with Gasteiger partial charge in [-0.1, -0.05) is 6.07 Å². The zero-order valence-corrected chi connectivity index (χ0v) is 15.3. The lowest BCUT2D eigenvalue weighted by Crippen LogP contribution is -2.37. The largest absolute Gasteiger partial charge is 0.416 e. The summed E-state index contributed by atoms with van der Waals surface area (Å²) < 4.78 is 38.2. The number of anilines is 3. The number of benzene rings is 2. The summed E-state index contributed by atoms with van der Waals surface area (Å²) in [6.45, 7) is 1.65. The highest BCUT2D eigenvalue weighted by Crippen LogP contribution is 2.32. The van der Waals surface area contributed by atoms with Crippen molar-refractivity contribution in [1.82, 2.24) is 5.32 Å². The fourth-order valence-corrected chi connectivity index (χ4v) is 2.95. The zero-order chi connectivity index (χ0) is 20.5. The molecule has 0 atom stereocenters. The molecule has 28 heavy (non-hydrogen) atoms. The van der Waals surface area contributed by atoms with Crippen LogP contribution in [0.15, 0.2) is 42.5 Å². The fourth-order valence-electron chi connectivity index (χ4n) is 2.95. The van der Waals surface area contributed by atoms with Gasteiger partial charge in [0.1, 0.15) is 0 Å². The minimum absolute atomic E-state index is 0.0630. The van der Waals surface area contributed by atoms with Crippen molar-refractivity contribution in [3.63, 3.8) is 0 Å². The van der Waals surface area contributed by atoms with Gasteiger partial charge in [0.25, 0.3) is 5.91 Å². The Bertz CT molecular complexity index is 914. The predicted molar refractivity (Wildman–Crippen MR) is 101 cm³/mol. The molecule has 9 heteroatoms. The molecule has 3 rings (SSSR count). The van der Waals surface area contributed by atoms with Crippen LogP contribution in [0.3, 0.4) is 0 Å². The lowest BCUT2D eigenvalue weighted by atomic mass is 10.1. The fraction of sp³-hybridized carbons (Fsp3) is 0.263. The van der Waals surface area contributed by atoms with Gasteiger partial charge in [0.05, 0.1) is 16.9 Å². The maximum absolute atomic E-state index is 12.7. The molecule has 0 spiro atoms. The van der Waals surface area contributed by atoms with E-state index in [2.05, 4.69) is 15.5 Å². The first kappa shape index (κ1) is 19.5. The maximum Gasteiger partial charge on any atom is 0.416 e. The summed E-state index contributed by atoms with van der Waals surface area (Å²) in [6.07, 6.45) is -4.52. The number of carbonyl (C=O) groups is 2. The van der Waals surface area contributed by atoms with Crippen LogP contribution in [0.5, 0.6) is 0 Å². The molecular weight excluding hydrogens is 373 g/mol. The van der Waals surface area contributed by atoms with E-state index in [1.165, 1.54) is 12.1 Å².